The summed E-state index contributed by atoms with van der Waals surface area (Å²) >= 11 is 5.39. The van der Waals surface area contributed by atoms with Crippen LogP contribution in [0, 0.1) is 10.7 Å². The summed E-state index contributed by atoms with van der Waals surface area (Å²) in [5, 5.41) is 0.694. The van der Waals surface area contributed by atoms with Gasteiger partial charge in [-0.2, -0.15) is 0 Å². The Kier molecular flexibility index (Phi) is 3.72. The maximum atomic E-state index is 12.7. The molecule has 3 rings (SSSR count). The van der Waals surface area contributed by atoms with Crippen molar-refractivity contribution >= 4 is 23.1 Å². The summed E-state index contributed by atoms with van der Waals surface area (Å²) in [6, 6.07) is 7.61. The standard InChI is InChI=1S/C15H18N2O2S/c1-10(11-6-8-19-9-7-11)17-14(18)12-4-2-3-5-13(12)16-15(17)20/h2-5,10-11H,6-9H2,1H3,(H,16,20)/t10-/m1/s1. The van der Waals surface area contributed by atoms with Crippen LogP contribution in [-0.2, 0) is 4.74 Å². The van der Waals surface area contributed by atoms with Gasteiger partial charge in [0.2, 0.25) is 0 Å². The van der Waals surface area contributed by atoms with E-state index >= 15 is 0 Å². The number of fused-ring (bicyclic) bond motifs is 1. The molecule has 2 heterocycles. The molecule has 4 nitrogen and oxygen atoms in total. The normalized spacial score (nSPS) is 18.2. The van der Waals surface area contributed by atoms with Crippen LogP contribution in [0.2, 0.25) is 0 Å². The van der Waals surface area contributed by atoms with Crippen molar-refractivity contribution in [3.63, 3.8) is 0 Å². The lowest BCUT2D eigenvalue weighted by atomic mass is 9.93. The first-order valence-electron chi connectivity index (χ1n) is 7.00. The van der Waals surface area contributed by atoms with E-state index in [4.69, 9.17) is 17.0 Å². The smallest absolute Gasteiger partial charge is 0.262 e. The highest BCUT2D eigenvalue weighted by atomic mass is 32.1. The zero-order chi connectivity index (χ0) is 14.1. The molecule has 2 aromatic rings. The van der Waals surface area contributed by atoms with Crippen molar-refractivity contribution in [1.29, 1.82) is 0 Å². The van der Waals surface area contributed by atoms with Gasteiger partial charge in [-0.05, 0) is 50.0 Å². The number of para-hydroxylation sites is 1. The van der Waals surface area contributed by atoms with E-state index < -0.39 is 0 Å². The summed E-state index contributed by atoms with van der Waals surface area (Å²) in [5.41, 5.74) is 0.807. The second-order valence-corrected chi connectivity index (χ2v) is 5.73. The van der Waals surface area contributed by atoms with Gasteiger partial charge in [0.25, 0.3) is 5.56 Å². The highest BCUT2D eigenvalue weighted by Gasteiger charge is 2.23. The largest absolute Gasteiger partial charge is 0.381 e. The van der Waals surface area contributed by atoms with Gasteiger partial charge >= 0.3 is 0 Å². The van der Waals surface area contributed by atoms with Crippen molar-refractivity contribution in [2.45, 2.75) is 25.8 Å². The van der Waals surface area contributed by atoms with Crippen LogP contribution in [0.4, 0.5) is 0 Å². The summed E-state index contributed by atoms with van der Waals surface area (Å²) in [6.45, 7) is 3.62. The van der Waals surface area contributed by atoms with Gasteiger partial charge in [0.1, 0.15) is 0 Å². The van der Waals surface area contributed by atoms with Crippen molar-refractivity contribution in [3.05, 3.63) is 39.4 Å². The van der Waals surface area contributed by atoms with Crippen LogP contribution in [0.5, 0.6) is 0 Å². The van der Waals surface area contributed by atoms with Gasteiger partial charge in [-0.15, -0.1) is 0 Å². The fraction of sp³-hybridized carbons (Fsp3) is 0.467. The molecule has 20 heavy (non-hydrogen) atoms. The molecule has 0 saturated carbocycles. The lowest BCUT2D eigenvalue weighted by molar-refractivity contribution is 0.0506. The van der Waals surface area contributed by atoms with Gasteiger partial charge in [-0.3, -0.25) is 9.36 Å². The first-order chi connectivity index (χ1) is 9.68. The summed E-state index contributed by atoms with van der Waals surface area (Å²) in [5.74, 6) is 0.442. The van der Waals surface area contributed by atoms with Crippen LogP contribution in [-0.4, -0.2) is 22.8 Å². The second-order valence-electron chi connectivity index (χ2n) is 5.34. The molecule has 1 fully saturated rings. The number of benzene rings is 1. The predicted molar refractivity (Wildman–Crippen MR) is 81.6 cm³/mol. The fourth-order valence-corrected chi connectivity index (χ4v) is 3.31. The zero-order valence-corrected chi connectivity index (χ0v) is 12.3. The van der Waals surface area contributed by atoms with Crippen LogP contribution in [0.25, 0.3) is 10.9 Å². The number of H-pyrrole nitrogens is 1. The van der Waals surface area contributed by atoms with E-state index in [1.54, 1.807) is 4.57 Å². The van der Waals surface area contributed by atoms with Crippen molar-refractivity contribution < 1.29 is 4.74 Å². The van der Waals surface area contributed by atoms with E-state index in [9.17, 15) is 4.79 Å². The fourth-order valence-electron chi connectivity index (χ4n) is 2.95. The van der Waals surface area contributed by atoms with Gasteiger partial charge in [0.15, 0.2) is 4.77 Å². The van der Waals surface area contributed by atoms with E-state index in [2.05, 4.69) is 11.9 Å². The Balaban J connectivity index is 2.11. The number of rotatable bonds is 2. The van der Waals surface area contributed by atoms with Crippen molar-refractivity contribution in [2.75, 3.05) is 13.2 Å². The average Bonchev–Trinajstić information content (AvgIpc) is 2.48. The molecular formula is C15H18N2O2S. The third-order valence-electron chi connectivity index (χ3n) is 4.19. The SMILES string of the molecule is C[C@H](C1CCOCC1)n1c(=S)[nH]c2ccccc2c1=O. The van der Waals surface area contributed by atoms with Crippen LogP contribution >= 0.6 is 12.2 Å². The van der Waals surface area contributed by atoms with E-state index in [1.807, 2.05) is 24.3 Å². The molecule has 0 spiro atoms. The Labute approximate surface area is 122 Å². The summed E-state index contributed by atoms with van der Waals surface area (Å²) < 4.78 is 7.63. The second kappa shape index (κ2) is 5.50. The number of ether oxygens (including phenoxy) is 1. The highest BCUT2D eigenvalue weighted by Crippen LogP contribution is 2.26. The molecule has 1 aromatic carbocycles. The Morgan fingerprint density at radius 1 is 1.35 bits per heavy atom. The third-order valence-corrected chi connectivity index (χ3v) is 4.49. The molecule has 1 N–H and O–H groups in total. The molecule has 106 valence electrons. The first kappa shape index (κ1) is 13.5. The minimum absolute atomic E-state index is 0.00309. The molecule has 0 amide bonds. The lowest BCUT2D eigenvalue weighted by Crippen LogP contribution is -2.32. The average molecular weight is 290 g/mol. The maximum absolute atomic E-state index is 12.7. The summed E-state index contributed by atoms with van der Waals surface area (Å²) in [7, 11) is 0. The molecule has 1 saturated heterocycles. The quantitative estimate of drug-likeness (QED) is 0.865. The van der Waals surface area contributed by atoms with E-state index in [0.29, 0.717) is 16.1 Å². The Morgan fingerprint density at radius 3 is 2.80 bits per heavy atom. The van der Waals surface area contributed by atoms with Gasteiger partial charge in [-0.1, -0.05) is 12.1 Å². The molecule has 5 heteroatoms. The molecule has 1 aromatic heterocycles. The third kappa shape index (κ3) is 2.31. The van der Waals surface area contributed by atoms with Gasteiger partial charge in [0, 0.05) is 19.3 Å². The molecule has 0 unspecified atom stereocenters. The van der Waals surface area contributed by atoms with Crippen molar-refractivity contribution in [1.82, 2.24) is 9.55 Å². The minimum atomic E-state index is 0.00309. The Hall–Kier alpha value is -1.46. The van der Waals surface area contributed by atoms with Crippen LogP contribution in [0.15, 0.2) is 29.1 Å². The Bertz CT molecular complexity index is 728. The van der Waals surface area contributed by atoms with Crippen LogP contribution < -0.4 is 5.56 Å². The highest BCUT2D eigenvalue weighted by molar-refractivity contribution is 7.71. The molecular weight excluding hydrogens is 272 g/mol. The monoisotopic (exact) mass is 290 g/mol. The molecule has 0 radical (unpaired) electrons. The molecule has 0 aliphatic carbocycles. The zero-order valence-electron chi connectivity index (χ0n) is 11.5. The van der Waals surface area contributed by atoms with Gasteiger partial charge < -0.3 is 9.72 Å². The number of aromatic nitrogens is 2. The van der Waals surface area contributed by atoms with Crippen molar-refractivity contribution in [2.24, 2.45) is 5.92 Å². The number of hydrogen-bond donors (Lipinski definition) is 1. The van der Waals surface area contributed by atoms with Crippen LogP contribution in [0.1, 0.15) is 25.8 Å². The van der Waals surface area contributed by atoms with Gasteiger partial charge in [0.05, 0.1) is 10.9 Å². The van der Waals surface area contributed by atoms with Crippen molar-refractivity contribution in [3.8, 4) is 0 Å². The molecule has 1 atom stereocenters. The lowest BCUT2D eigenvalue weighted by Gasteiger charge is -2.29. The van der Waals surface area contributed by atoms with E-state index in [-0.39, 0.29) is 11.6 Å². The topological polar surface area (TPSA) is 47.0 Å². The van der Waals surface area contributed by atoms with E-state index in [0.717, 1.165) is 31.6 Å². The predicted octanol–water partition coefficient (Wildman–Crippen LogP) is 3.05. The number of hydrogen-bond acceptors (Lipinski definition) is 3. The molecule has 1 aliphatic rings. The first-order valence-corrected chi connectivity index (χ1v) is 7.40. The van der Waals surface area contributed by atoms with E-state index in [1.165, 1.54) is 0 Å². The molecule has 0 bridgehead atoms. The summed E-state index contributed by atoms with van der Waals surface area (Å²) in [6.07, 6.45) is 1.96. The maximum Gasteiger partial charge on any atom is 0.262 e. The number of nitrogens with one attached hydrogen (secondary N) is 1. The molecule has 1 aliphatic heterocycles. The number of nitrogens with zero attached hydrogens (tertiary/aromatic N) is 1. The van der Waals surface area contributed by atoms with Crippen LogP contribution in [0.3, 0.4) is 0 Å². The van der Waals surface area contributed by atoms with Gasteiger partial charge in [-0.25, -0.2) is 0 Å². The Morgan fingerprint density at radius 2 is 2.05 bits per heavy atom. The summed E-state index contributed by atoms with van der Waals surface area (Å²) in [4.78, 5) is 15.8. The number of aromatic amines is 1. The minimum Gasteiger partial charge on any atom is -0.381 e.